The van der Waals surface area contributed by atoms with Crippen LogP contribution in [0.4, 0.5) is 13.2 Å². The molecule has 1 aliphatic carbocycles. The fourth-order valence-electron chi connectivity index (χ4n) is 7.24. The van der Waals surface area contributed by atoms with E-state index in [-0.39, 0.29) is 41.3 Å². The van der Waals surface area contributed by atoms with Crippen molar-refractivity contribution < 1.29 is 27.8 Å². The molecule has 3 fully saturated rings. The van der Waals surface area contributed by atoms with E-state index in [2.05, 4.69) is 18.7 Å². The van der Waals surface area contributed by atoms with Gasteiger partial charge in [0.2, 0.25) is 0 Å². The monoisotopic (exact) mass is 517 g/mol. The van der Waals surface area contributed by atoms with Crippen LogP contribution in [0.3, 0.4) is 0 Å². The summed E-state index contributed by atoms with van der Waals surface area (Å²) in [4.78, 5) is 14.1. The number of carbonyl (C=O) groups is 1. The van der Waals surface area contributed by atoms with E-state index in [0.717, 1.165) is 56.9 Å². The molecule has 1 saturated carbocycles. The van der Waals surface area contributed by atoms with Gasteiger partial charge in [0.15, 0.2) is 0 Å². The molecule has 37 heavy (non-hydrogen) atoms. The largest absolute Gasteiger partial charge is 0.490 e. The lowest BCUT2D eigenvalue weighted by molar-refractivity contribution is -0.147. The highest BCUT2D eigenvalue weighted by molar-refractivity contribution is 5.89. The third-order valence-electron chi connectivity index (χ3n) is 9.26. The molecule has 2 aliphatic heterocycles. The molecule has 0 amide bonds. The highest BCUT2D eigenvalue weighted by atomic mass is 19.4. The smallest absolute Gasteiger partial charge is 0.420 e. The number of fused-ring (bicyclic) bond motifs is 3. The number of carboxylic acids is 1. The zero-order valence-corrected chi connectivity index (χ0v) is 21.8. The molecule has 0 radical (unpaired) electrons. The zero-order chi connectivity index (χ0) is 26.3. The maximum atomic E-state index is 14.3. The van der Waals surface area contributed by atoms with Crippen molar-refractivity contribution in [1.29, 1.82) is 0 Å². The number of benzene rings is 2. The van der Waals surface area contributed by atoms with Gasteiger partial charge in [-0.2, -0.15) is 13.2 Å². The van der Waals surface area contributed by atoms with Gasteiger partial charge in [0.1, 0.15) is 11.3 Å². The minimum absolute atomic E-state index is 0.00783. The fraction of sp³-hybridized carbons (Fsp3) is 0.633. The van der Waals surface area contributed by atoms with Gasteiger partial charge in [-0.3, -0.25) is 9.69 Å². The second-order valence-corrected chi connectivity index (χ2v) is 11.5. The number of nitrogens with zero attached hydrogens (tertiary/aromatic N) is 1. The van der Waals surface area contributed by atoms with Crippen LogP contribution >= 0.6 is 0 Å². The number of aliphatic carboxylic acids is 1. The van der Waals surface area contributed by atoms with E-state index in [1.165, 1.54) is 6.07 Å². The van der Waals surface area contributed by atoms with E-state index in [9.17, 15) is 23.1 Å². The minimum atomic E-state index is -4.52. The summed E-state index contributed by atoms with van der Waals surface area (Å²) >= 11 is 0. The molecule has 2 heterocycles. The SMILES string of the molecule is CC[C@H]1CC[C@@H](Oc2ccc3cc(C(C)N4C5CCCC4CC(C(=O)O)C5)ccc3c2C(F)(F)F)CC1. The molecule has 202 valence electrons. The van der Waals surface area contributed by atoms with Crippen molar-refractivity contribution in [2.45, 2.75) is 108 Å². The van der Waals surface area contributed by atoms with Crippen molar-refractivity contribution in [3.05, 3.63) is 41.5 Å². The van der Waals surface area contributed by atoms with Gasteiger partial charge in [0, 0.05) is 18.1 Å². The average molecular weight is 518 g/mol. The van der Waals surface area contributed by atoms with E-state index >= 15 is 0 Å². The van der Waals surface area contributed by atoms with Crippen LogP contribution < -0.4 is 4.74 Å². The Morgan fingerprint density at radius 3 is 2.32 bits per heavy atom. The van der Waals surface area contributed by atoms with Gasteiger partial charge in [-0.05, 0) is 92.7 Å². The maximum Gasteiger partial charge on any atom is 0.420 e. The standard InChI is InChI=1S/C30H38F3NO3/c1-3-19-7-11-25(12-8-19)37-27-14-10-21-15-20(9-13-26(21)28(27)30(31,32)33)18(2)34-23-5-4-6-24(34)17-22(16-23)29(35)36/h9-10,13-15,18-19,22-25H,3-8,11-12,16-17H2,1-2H3,(H,35,36)/t18?,19-,22?,23?,24?,25+. The predicted molar refractivity (Wildman–Crippen MR) is 138 cm³/mol. The van der Waals surface area contributed by atoms with Crippen molar-refractivity contribution in [1.82, 2.24) is 4.90 Å². The van der Waals surface area contributed by atoms with Crippen molar-refractivity contribution in [2.75, 3.05) is 0 Å². The van der Waals surface area contributed by atoms with Crippen LogP contribution in [0, 0.1) is 11.8 Å². The molecule has 7 heteroatoms. The molecule has 3 aliphatic rings. The van der Waals surface area contributed by atoms with Crippen LogP contribution in [0.15, 0.2) is 30.3 Å². The number of ether oxygens (including phenoxy) is 1. The van der Waals surface area contributed by atoms with Gasteiger partial charge >= 0.3 is 12.1 Å². The summed E-state index contributed by atoms with van der Waals surface area (Å²) in [5.74, 6) is -0.439. The number of hydrogen-bond acceptors (Lipinski definition) is 3. The summed E-state index contributed by atoms with van der Waals surface area (Å²) in [5.41, 5.74) is 0.291. The Bertz CT molecular complexity index is 1110. The number of alkyl halides is 3. The Kier molecular flexibility index (Phi) is 7.45. The van der Waals surface area contributed by atoms with Crippen LogP contribution in [0.5, 0.6) is 5.75 Å². The normalized spacial score (nSPS) is 29.7. The Morgan fingerprint density at radius 2 is 1.73 bits per heavy atom. The van der Waals surface area contributed by atoms with Crippen LogP contribution in [0.25, 0.3) is 10.8 Å². The van der Waals surface area contributed by atoms with E-state index in [1.807, 2.05) is 12.1 Å². The molecular formula is C30H38F3NO3. The molecule has 2 aromatic carbocycles. The van der Waals surface area contributed by atoms with Crippen molar-refractivity contribution in [3.8, 4) is 5.75 Å². The van der Waals surface area contributed by atoms with Crippen molar-refractivity contribution in [3.63, 3.8) is 0 Å². The third-order valence-corrected chi connectivity index (χ3v) is 9.26. The zero-order valence-electron chi connectivity index (χ0n) is 21.8. The topological polar surface area (TPSA) is 49.8 Å². The number of halogens is 3. The molecule has 4 nitrogen and oxygen atoms in total. The van der Waals surface area contributed by atoms with Crippen LogP contribution in [-0.4, -0.2) is 34.2 Å². The third kappa shape index (κ3) is 5.34. The van der Waals surface area contributed by atoms with Gasteiger partial charge in [-0.1, -0.05) is 38.0 Å². The Balaban J connectivity index is 1.42. The molecule has 3 atom stereocenters. The van der Waals surface area contributed by atoms with Crippen molar-refractivity contribution in [2.24, 2.45) is 11.8 Å². The molecular weight excluding hydrogens is 479 g/mol. The van der Waals surface area contributed by atoms with Crippen LogP contribution in [0.2, 0.25) is 0 Å². The predicted octanol–water partition coefficient (Wildman–Crippen LogP) is 7.98. The highest BCUT2D eigenvalue weighted by Crippen LogP contribution is 2.45. The van der Waals surface area contributed by atoms with Crippen LogP contribution in [0.1, 0.15) is 95.2 Å². The van der Waals surface area contributed by atoms with E-state index in [4.69, 9.17) is 4.74 Å². The number of hydrogen-bond donors (Lipinski definition) is 1. The summed E-state index contributed by atoms with van der Waals surface area (Å²) in [5, 5.41) is 10.3. The van der Waals surface area contributed by atoms with Gasteiger partial charge in [0.05, 0.1) is 12.0 Å². The minimum Gasteiger partial charge on any atom is -0.490 e. The summed E-state index contributed by atoms with van der Waals surface area (Å²) < 4.78 is 49.0. The Hall–Kier alpha value is -2.28. The molecule has 5 rings (SSSR count). The van der Waals surface area contributed by atoms with Gasteiger partial charge < -0.3 is 9.84 Å². The fourth-order valence-corrected chi connectivity index (χ4v) is 7.24. The summed E-state index contributed by atoms with van der Waals surface area (Å²) in [6.07, 6.45) is 4.34. The highest BCUT2D eigenvalue weighted by Gasteiger charge is 2.43. The van der Waals surface area contributed by atoms with Gasteiger partial charge in [-0.15, -0.1) is 0 Å². The second kappa shape index (κ2) is 10.5. The summed E-state index contributed by atoms with van der Waals surface area (Å²) in [6, 6.07) is 8.96. The first-order valence-electron chi connectivity index (χ1n) is 14.0. The Labute approximate surface area is 217 Å². The summed E-state index contributed by atoms with van der Waals surface area (Å²) in [6.45, 7) is 4.26. The number of piperidine rings is 2. The van der Waals surface area contributed by atoms with Gasteiger partial charge in [-0.25, -0.2) is 0 Å². The molecule has 0 aromatic heterocycles. The van der Waals surface area contributed by atoms with E-state index < -0.39 is 17.7 Å². The number of rotatable bonds is 6. The average Bonchev–Trinajstić information content (AvgIpc) is 2.86. The van der Waals surface area contributed by atoms with Crippen LogP contribution in [-0.2, 0) is 11.0 Å². The number of carboxylic acid groups (broad SMARTS) is 1. The van der Waals surface area contributed by atoms with E-state index in [1.54, 1.807) is 12.1 Å². The molecule has 3 unspecified atom stereocenters. The lowest BCUT2D eigenvalue weighted by atomic mass is 9.77. The molecule has 2 aromatic rings. The molecule has 2 bridgehead atoms. The lowest BCUT2D eigenvalue weighted by Gasteiger charge is -2.51. The first-order valence-corrected chi connectivity index (χ1v) is 14.0. The molecule has 0 spiro atoms. The molecule has 1 N–H and O–H groups in total. The molecule has 2 saturated heterocycles. The van der Waals surface area contributed by atoms with Crippen molar-refractivity contribution >= 4 is 16.7 Å². The first kappa shape index (κ1) is 26.3. The Morgan fingerprint density at radius 1 is 1.05 bits per heavy atom. The lowest BCUT2D eigenvalue weighted by Crippen LogP contribution is -2.53. The quantitative estimate of drug-likeness (QED) is 0.422. The second-order valence-electron chi connectivity index (χ2n) is 11.5. The van der Waals surface area contributed by atoms with Gasteiger partial charge in [0.25, 0.3) is 0 Å². The maximum absolute atomic E-state index is 14.3. The first-order chi connectivity index (χ1) is 17.7. The van der Waals surface area contributed by atoms with E-state index in [0.29, 0.717) is 24.1 Å². The summed E-state index contributed by atoms with van der Waals surface area (Å²) in [7, 11) is 0.